The van der Waals surface area contributed by atoms with E-state index in [1.165, 1.54) is 0 Å². The van der Waals surface area contributed by atoms with Crippen molar-refractivity contribution in [1.82, 2.24) is 0 Å². The first-order chi connectivity index (χ1) is 2.77. The molecule has 0 unspecified atom stereocenters. The van der Waals surface area contributed by atoms with E-state index in [0.717, 1.165) is 6.08 Å². The molecule has 0 saturated heterocycles. The molecule has 0 aliphatic heterocycles. The molecule has 0 atom stereocenters. The van der Waals surface area contributed by atoms with E-state index in [-0.39, 0.29) is 52.8 Å². The molecule has 0 heterocycles. The molecular formula is C4H5KO2. The number of hydrogen-bond acceptors (Lipinski definition) is 1. The van der Waals surface area contributed by atoms with E-state index in [0.29, 0.717) is 0 Å². The van der Waals surface area contributed by atoms with Crippen LogP contribution in [-0.2, 0) is 4.79 Å². The Labute approximate surface area is 85.8 Å². The number of carboxylic acids is 1. The number of hydrogen-bond donors (Lipinski definition) is 1. The van der Waals surface area contributed by atoms with Gasteiger partial charge in [-0.15, -0.1) is 5.73 Å². The smallest absolute Gasteiger partial charge is 1.00 e. The third-order valence-corrected chi connectivity index (χ3v) is 0.226. The van der Waals surface area contributed by atoms with Crippen LogP contribution in [0.1, 0.15) is 1.43 Å². The molecule has 0 fully saturated rings. The van der Waals surface area contributed by atoms with Crippen LogP contribution in [0.3, 0.4) is 0 Å². The summed E-state index contributed by atoms with van der Waals surface area (Å²) in [6.45, 7) is 3.04. The Balaban J connectivity index is -0.000000125. The molecule has 0 rings (SSSR count). The number of rotatable bonds is 1. The van der Waals surface area contributed by atoms with Crippen molar-refractivity contribution >= 4 is 5.97 Å². The molecule has 3 heteroatoms. The van der Waals surface area contributed by atoms with Gasteiger partial charge in [0, 0.05) is 0 Å². The number of carboxylic acid groups (broad SMARTS) is 1. The fourth-order valence-electron chi connectivity index (χ4n) is 0.0873. The molecule has 2 nitrogen and oxygen atoms in total. The van der Waals surface area contributed by atoms with Crippen LogP contribution >= 0.6 is 0 Å². The molecular weight excluding hydrogens is 119 g/mol. The third-order valence-electron chi connectivity index (χ3n) is 0.226. The van der Waals surface area contributed by atoms with Gasteiger partial charge in [-0.2, -0.15) is 0 Å². The molecule has 0 saturated carbocycles. The van der Waals surface area contributed by atoms with E-state index in [4.69, 9.17) is 5.11 Å². The predicted molar refractivity (Wildman–Crippen MR) is 22.5 cm³/mol. The molecule has 0 spiro atoms. The van der Waals surface area contributed by atoms with Gasteiger partial charge in [-0.25, -0.2) is 4.79 Å². The van der Waals surface area contributed by atoms with Gasteiger partial charge in [0.05, 0.1) is 6.08 Å². The third kappa shape index (κ3) is 10.8. The zero-order valence-electron chi connectivity index (χ0n) is 5.14. The Hall–Kier alpha value is 0.626. The van der Waals surface area contributed by atoms with Crippen molar-refractivity contribution in [1.29, 1.82) is 0 Å². The Morgan fingerprint density at radius 3 is 2.43 bits per heavy atom. The maximum atomic E-state index is 9.44. The van der Waals surface area contributed by atoms with Crippen molar-refractivity contribution in [2.75, 3.05) is 0 Å². The molecule has 0 radical (unpaired) electrons. The molecule has 0 aromatic heterocycles. The van der Waals surface area contributed by atoms with Crippen LogP contribution in [-0.4, -0.2) is 11.1 Å². The molecule has 1 N–H and O–H groups in total. The van der Waals surface area contributed by atoms with E-state index in [2.05, 4.69) is 12.3 Å². The summed E-state index contributed by atoms with van der Waals surface area (Å²) < 4.78 is 0. The molecule has 0 bridgehead atoms. The molecule has 34 valence electrons. The fourth-order valence-corrected chi connectivity index (χ4v) is 0.0873. The fraction of sp³-hybridized carbons (Fsp3) is 0. The Morgan fingerprint density at radius 2 is 2.43 bits per heavy atom. The van der Waals surface area contributed by atoms with Crippen LogP contribution < -0.4 is 51.4 Å². The quantitative estimate of drug-likeness (QED) is 0.239. The number of carbonyl (C=O) groups is 1. The average molecular weight is 124 g/mol. The van der Waals surface area contributed by atoms with Crippen molar-refractivity contribution in [2.45, 2.75) is 0 Å². The van der Waals surface area contributed by atoms with Gasteiger partial charge in [-0.1, -0.05) is 6.58 Å². The molecule has 0 amide bonds. The van der Waals surface area contributed by atoms with E-state index in [1.807, 2.05) is 0 Å². The van der Waals surface area contributed by atoms with Gasteiger partial charge < -0.3 is 6.53 Å². The maximum Gasteiger partial charge on any atom is 1.00 e. The van der Waals surface area contributed by atoms with E-state index >= 15 is 0 Å². The molecule has 0 aromatic rings. The van der Waals surface area contributed by atoms with E-state index in [9.17, 15) is 4.79 Å². The average Bonchev–Trinajstić information content (AvgIpc) is 1.35. The van der Waals surface area contributed by atoms with Crippen LogP contribution in [0, 0.1) is 0 Å². The van der Waals surface area contributed by atoms with Crippen LogP contribution in [0.5, 0.6) is 0 Å². The maximum absolute atomic E-state index is 9.44. The van der Waals surface area contributed by atoms with Gasteiger partial charge in [0.1, 0.15) is 0 Å². The van der Waals surface area contributed by atoms with Crippen molar-refractivity contribution in [3.05, 3.63) is 18.4 Å². The second-order valence-corrected chi connectivity index (χ2v) is 0.687. The summed E-state index contributed by atoms with van der Waals surface area (Å²) in [5.74, 6) is -1.01. The summed E-state index contributed by atoms with van der Waals surface area (Å²) in [7, 11) is 0. The SMILES string of the molecule is C=C=CC(=O)O.[H-].[K+]. The van der Waals surface area contributed by atoms with Crippen LogP contribution in [0.2, 0.25) is 0 Å². The van der Waals surface area contributed by atoms with E-state index in [1.54, 1.807) is 0 Å². The van der Waals surface area contributed by atoms with Gasteiger partial charge in [0.2, 0.25) is 0 Å². The van der Waals surface area contributed by atoms with Crippen molar-refractivity contribution in [3.8, 4) is 0 Å². The zero-order chi connectivity index (χ0) is 4.99. The van der Waals surface area contributed by atoms with Gasteiger partial charge in [0.15, 0.2) is 0 Å². The van der Waals surface area contributed by atoms with Gasteiger partial charge in [-0.05, 0) is 0 Å². The van der Waals surface area contributed by atoms with Gasteiger partial charge >= 0.3 is 57.4 Å². The summed E-state index contributed by atoms with van der Waals surface area (Å²) >= 11 is 0. The summed E-state index contributed by atoms with van der Waals surface area (Å²) in [5.41, 5.74) is 2.09. The first-order valence-corrected chi connectivity index (χ1v) is 1.36. The normalized spacial score (nSPS) is 5.14. The topological polar surface area (TPSA) is 37.3 Å². The van der Waals surface area contributed by atoms with Crippen LogP contribution in [0.25, 0.3) is 0 Å². The zero-order valence-corrected chi connectivity index (χ0v) is 7.26. The summed E-state index contributed by atoms with van der Waals surface area (Å²) in [4.78, 5) is 9.44. The van der Waals surface area contributed by atoms with Gasteiger partial charge in [-0.3, -0.25) is 0 Å². The minimum absolute atomic E-state index is 0. The summed E-state index contributed by atoms with van der Waals surface area (Å²) in [5, 5.41) is 7.76. The van der Waals surface area contributed by atoms with Crippen molar-refractivity contribution < 1.29 is 62.7 Å². The first-order valence-electron chi connectivity index (χ1n) is 1.36. The monoisotopic (exact) mass is 124 g/mol. The number of aliphatic carboxylic acids is 1. The Bertz CT molecular complexity index is 107. The molecule has 0 aromatic carbocycles. The molecule has 7 heavy (non-hydrogen) atoms. The Morgan fingerprint density at radius 1 is 2.00 bits per heavy atom. The van der Waals surface area contributed by atoms with Crippen LogP contribution in [0.15, 0.2) is 18.4 Å². The van der Waals surface area contributed by atoms with Crippen molar-refractivity contribution in [2.24, 2.45) is 0 Å². The Kier molecular flexibility index (Phi) is 10.0. The van der Waals surface area contributed by atoms with E-state index < -0.39 is 5.97 Å². The van der Waals surface area contributed by atoms with Gasteiger partial charge in [0.25, 0.3) is 0 Å². The summed E-state index contributed by atoms with van der Waals surface area (Å²) in [6, 6.07) is 0. The minimum atomic E-state index is -1.01. The molecule has 0 aliphatic rings. The second kappa shape index (κ2) is 6.63. The minimum Gasteiger partial charge on any atom is -1.00 e. The largest absolute Gasteiger partial charge is 1.00 e. The standard InChI is InChI=1S/C4H4O2.K.H/c1-2-3-4(5)6;;/h3H,1H2,(H,5,6);;/q;+1;-1. The summed E-state index contributed by atoms with van der Waals surface area (Å²) in [6.07, 6.45) is 0.847. The second-order valence-electron chi connectivity index (χ2n) is 0.687. The predicted octanol–water partition coefficient (Wildman–Crippen LogP) is -2.47. The molecule has 0 aliphatic carbocycles. The van der Waals surface area contributed by atoms with Crippen LogP contribution in [0.4, 0.5) is 0 Å². The first kappa shape index (κ1) is 10.6. The van der Waals surface area contributed by atoms with Crippen molar-refractivity contribution in [3.63, 3.8) is 0 Å².